The van der Waals surface area contributed by atoms with Crippen LogP contribution in [0.1, 0.15) is 0 Å². The Labute approximate surface area is 322 Å². The normalized spacial score (nSPS) is 11.6. The number of benzene rings is 8. The van der Waals surface area contributed by atoms with E-state index in [4.69, 9.17) is 23.8 Å². The maximum atomic E-state index is 6.51. The van der Waals surface area contributed by atoms with Crippen LogP contribution in [0.4, 0.5) is 0 Å². The Bertz CT molecular complexity index is 3170. The average molecular weight is 718 g/mol. The van der Waals surface area contributed by atoms with Crippen LogP contribution in [-0.2, 0) is 0 Å². The minimum atomic E-state index is 0.587. The molecule has 5 heteroatoms. The van der Waals surface area contributed by atoms with Gasteiger partial charge in [-0.25, -0.2) is 15.0 Å². The number of furan rings is 2. The summed E-state index contributed by atoms with van der Waals surface area (Å²) in [6, 6.07) is 64.7. The van der Waals surface area contributed by atoms with E-state index in [9.17, 15) is 0 Å². The van der Waals surface area contributed by atoms with Crippen molar-refractivity contribution in [3.63, 3.8) is 0 Å². The van der Waals surface area contributed by atoms with Gasteiger partial charge in [-0.2, -0.15) is 0 Å². The average Bonchev–Trinajstić information content (AvgIpc) is 3.84. The Hall–Kier alpha value is -7.63. The smallest absolute Gasteiger partial charge is 0.164 e. The zero-order valence-electron chi connectivity index (χ0n) is 30.1. The van der Waals surface area contributed by atoms with Gasteiger partial charge in [0.05, 0.1) is 0 Å². The number of aromatic nitrogens is 3. The van der Waals surface area contributed by atoms with Crippen LogP contribution in [0, 0.1) is 0 Å². The molecule has 0 aliphatic carbocycles. The molecule has 0 amide bonds. The lowest BCUT2D eigenvalue weighted by molar-refractivity contribution is 0.669. The van der Waals surface area contributed by atoms with Gasteiger partial charge in [0.15, 0.2) is 17.5 Å². The van der Waals surface area contributed by atoms with E-state index in [-0.39, 0.29) is 0 Å². The van der Waals surface area contributed by atoms with E-state index in [2.05, 4.69) is 103 Å². The van der Waals surface area contributed by atoms with Crippen LogP contribution in [-0.4, -0.2) is 15.0 Å². The van der Waals surface area contributed by atoms with Gasteiger partial charge in [0.25, 0.3) is 0 Å². The summed E-state index contributed by atoms with van der Waals surface area (Å²) in [5.41, 5.74) is 12.8. The first-order chi connectivity index (χ1) is 27.7. The van der Waals surface area contributed by atoms with Crippen molar-refractivity contribution in [3.05, 3.63) is 188 Å². The fourth-order valence-corrected chi connectivity index (χ4v) is 7.76. The van der Waals surface area contributed by atoms with Gasteiger partial charge in [-0.05, 0) is 75.8 Å². The second-order valence-corrected chi connectivity index (χ2v) is 14.0. The lowest BCUT2D eigenvalue weighted by atomic mass is 9.93. The standard InChI is InChI=1S/C51H31N3O2/c1-4-12-32(13-5-1)33-20-22-34(23-21-33)42-29-39(31-47-48(42)41-18-10-11-19-44(41)56-47)37-25-27-45-43(28-37)40-26-24-38(30-46(40)55-45)51-53-49(35-14-6-2-7-15-35)52-50(54-51)36-16-8-3-9-17-36/h1-31H. The molecule has 0 N–H and O–H groups in total. The highest BCUT2D eigenvalue weighted by atomic mass is 16.3. The summed E-state index contributed by atoms with van der Waals surface area (Å²) in [5, 5.41) is 4.28. The number of nitrogens with zero attached hydrogens (tertiary/aromatic N) is 3. The Morgan fingerprint density at radius 1 is 0.268 bits per heavy atom. The summed E-state index contributed by atoms with van der Waals surface area (Å²) in [6.07, 6.45) is 0. The minimum absolute atomic E-state index is 0.587. The van der Waals surface area contributed by atoms with Crippen molar-refractivity contribution in [2.24, 2.45) is 0 Å². The molecule has 0 fully saturated rings. The molecule has 3 aromatic heterocycles. The molecule has 56 heavy (non-hydrogen) atoms. The molecule has 0 aliphatic heterocycles. The summed E-state index contributed by atoms with van der Waals surface area (Å²) in [5.74, 6) is 1.83. The number of rotatable bonds is 6. The second-order valence-electron chi connectivity index (χ2n) is 14.0. The van der Waals surface area contributed by atoms with Gasteiger partial charge in [0.1, 0.15) is 22.3 Å². The predicted molar refractivity (Wildman–Crippen MR) is 227 cm³/mol. The first-order valence-corrected chi connectivity index (χ1v) is 18.7. The van der Waals surface area contributed by atoms with Gasteiger partial charge in [0.2, 0.25) is 0 Å². The van der Waals surface area contributed by atoms with Gasteiger partial charge in [-0.1, -0.05) is 146 Å². The van der Waals surface area contributed by atoms with E-state index in [0.717, 1.165) is 82.8 Å². The van der Waals surface area contributed by atoms with Gasteiger partial charge < -0.3 is 8.83 Å². The molecule has 0 saturated carbocycles. The maximum Gasteiger partial charge on any atom is 0.164 e. The van der Waals surface area contributed by atoms with Crippen LogP contribution < -0.4 is 0 Å². The lowest BCUT2D eigenvalue weighted by Crippen LogP contribution is -2.00. The molecule has 11 aromatic rings. The van der Waals surface area contributed by atoms with Crippen molar-refractivity contribution in [2.45, 2.75) is 0 Å². The van der Waals surface area contributed by atoms with Crippen molar-refractivity contribution in [3.8, 4) is 67.5 Å². The maximum absolute atomic E-state index is 6.51. The van der Waals surface area contributed by atoms with Gasteiger partial charge in [-0.15, -0.1) is 0 Å². The fraction of sp³-hybridized carbons (Fsp3) is 0. The van der Waals surface area contributed by atoms with Crippen LogP contribution in [0.5, 0.6) is 0 Å². The molecule has 0 bridgehead atoms. The van der Waals surface area contributed by atoms with E-state index in [0.29, 0.717) is 17.5 Å². The summed E-state index contributed by atoms with van der Waals surface area (Å²) >= 11 is 0. The van der Waals surface area contributed by atoms with E-state index in [1.807, 2.05) is 84.9 Å². The van der Waals surface area contributed by atoms with Crippen molar-refractivity contribution < 1.29 is 8.83 Å². The molecule has 0 saturated heterocycles. The summed E-state index contributed by atoms with van der Waals surface area (Å²) in [6.45, 7) is 0. The molecule has 0 spiro atoms. The molecule has 11 rings (SSSR count). The highest BCUT2D eigenvalue weighted by molar-refractivity contribution is 6.14. The molecular weight excluding hydrogens is 687 g/mol. The molecular formula is C51H31N3O2. The lowest BCUT2D eigenvalue weighted by Gasteiger charge is -2.10. The highest BCUT2D eigenvalue weighted by Gasteiger charge is 2.18. The zero-order chi connectivity index (χ0) is 37.0. The van der Waals surface area contributed by atoms with Crippen LogP contribution >= 0.6 is 0 Å². The van der Waals surface area contributed by atoms with E-state index in [1.165, 1.54) is 11.1 Å². The summed E-state index contributed by atoms with van der Waals surface area (Å²) in [4.78, 5) is 14.7. The van der Waals surface area contributed by atoms with E-state index in [1.54, 1.807) is 0 Å². The van der Waals surface area contributed by atoms with Gasteiger partial charge in [-0.3, -0.25) is 0 Å². The van der Waals surface area contributed by atoms with Crippen molar-refractivity contribution in [1.29, 1.82) is 0 Å². The molecule has 0 aliphatic rings. The fourth-order valence-electron chi connectivity index (χ4n) is 7.76. The molecule has 3 heterocycles. The zero-order valence-corrected chi connectivity index (χ0v) is 30.1. The van der Waals surface area contributed by atoms with Gasteiger partial charge >= 0.3 is 0 Å². The number of fused-ring (bicyclic) bond motifs is 6. The van der Waals surface area contributed by atoms with Crippen LogP contribution in [0.25, 0.3) is 111 Å². The molecule has 0 unspecified atom stereocenters. The third-order valence-electron chi connectivity index (χ3n) is 10.5. The Morgan fingerprint density at radius 3 is 1.46 bits per heavy atom. The first-order valence-electron chi connectivity index (χ1n) is 18.7. The SMILES string of the molecule is c1ccc(-c2ccc(-c3cc(-c4ccc5oc6cc(-c7nc(-c8ccccc8)nc(-c8ccccc8)n7)ccc6c5c4)cc4oc5ccccc5c34)cc2)cc1. The number of hydrogen-bond acceptors (Lipinski definition) is 5. The van der Waals surface area contributed by atoms with E-state index < -0.39 is 0 Å². The van der Waals surface area contributed by atoms with Crippen LogP contribution in [0.15, 0.2) is 197 Å². The van der Waals surface area contributed by atoms with Crippen molar-refractivity contribution in [2.75, 3.05) is 0 Å². The largest absolute Gasteiger partial charge is 0.456 e. The monoisotopic (exact) mass is 717 g/mol. The predicted octanol–water partition coefficient (Wildman–Crippen LogP) is 13.7. The Balaban J connectivity index is 1.02. The molecule has 0 atom stereocenters. The van der Waals surface area contributed by atoms with Crippen molar-refractivity contribution in [1.82, 2.24) is 15.0 Å². The number of para-hydroxylation sites is 1. The second kappa shape index (κ2) is 13.0. The topological polar surface area (TPSA) is 65.0 Å². The minimum Gasteiger partial charge on any atom is -0.456 e. The Kier molecular flexibility index (Phi) is 7.42. The van der Waals surface area contributed by atoms with Gasteiger partial charge in [0, 0.05) is 38.2 Å². The Morgan fingerprint density at radius 2 is 0.768 bits per heavy atom. The molecule has 8 aromatic carbocycles. The third kappa shape index (κ3) is 5.53. The third-order valence-corrected chi connectivity index (χ3v) is 10.5. The van der Waals surface area contributed by atoms with Crippen LogP contribution in [0.2, 0.25) is 0 Å². The molecule has 262 valence electrons. The highest BCUT2D eigenvalue weighted by Crippen LogP contribution is 2.42. The quantitative estimate of drug-likeness (QED) is 0.171. The van der Waals surface area contributed by atoms with Crippen molar-refractivity contribution >= 4 is 43.9 Å². The molecule has 0 radical (unpaired) electrons. The summed E-state index contributed by atoms with van der Waals surface area (Å²) < 4.78 is 13.0. The summed E-state index contributed by atoms with van der Waals surface area (Å²) in [7, 11) is 0. The van der Waals surface area contributed by atoms with E-state index >= 15 is 0 Å². The molecule has 5 nitrogen and oxygen atoms in total. The van der Waals surface area contributed by atoms with Crippen LogP contribution in [0.3, 0.4) is 0 Å². The first kappa shape index (κ1) is 31.9. The number of hydrogen-bond donors (Lipinski definition) is 0.